The zero-order valence-electron chi connectivity index (χ0n) is 20.3. The van der Waals surface area contributed by atoms with Crippen LogP contribution in [0.2, 0.25) is 0 Å². The van der Waals surface area contributed by atoms with E-state index < -0.39 is 0 Å². The first-order valence-corrected chi connectivity index (χ1v) is 12.5. The molecule has 0 bridgehead atoms. The van der Waals surface area contributed by atoms with Gasteiger partial charge in [-0.1, -0.05) is 12.1 Å². The van der Waals surface area contributed by atoms with Crippen molar-refractivity contribution >= 4 is 16.6 Å². The Morgan fingerprint density at radius 1 is 1.03 bits per heavy atom. The number of nitrogens with zero attached hydrogens (tertiary/aromatic N) is 4. The number of ether oxygens (including phenoxy) is 1. The first-order valence-electron chi connectivity index (χ1n) is 12.5. The fourth-order valence-electron chi connectivity index (χ4n) is 5.65. The Labute approximate surface area is 201 Å². The topological polar surface area (TPSA) is 51.1 Å². The van der Waals surface area contributed by atoms with Crippen molar-refractivity contribution in [1.29, 1.82) is 0 Å². The Morgan fingerprint density at radius 2 is 1.85 bits per heavy atom. The van der Waals surface area contributed by atoms with Crippen LogP contribution >= 0.6 is 0 Å². The number of benzene rings is 1. The third-order valence-corrected chi connectivity index (χ3v) is 7.62. The third kappa shape index (κ3) is 4.13. The van der Waals surface area contributed by atoms with Crippen LogP contribution in [0.25, 0.3) is 27.9 Å². The fourth-order valence-corrected chi connectivity index (χ4v) is 5.65. The molecular weight excluding hydrogens is 426 g/mol. The summed E-state index contributed by atoms with van der Waals surface area (Å²) < 4.78 is 12.2. The molecule has 0 spiro atoms. The molecule has 3 aromatic rings. The lowest BCUT2D eigenvalue weighted by atomic mass is 10.0. The highest BCUT2D eigenvalue weighted by molar-refractivity contribution is 5.94. The van der Waals surface area contributed by atoms with E-state index in [4.69, 9.17) is 9.15 Å². The number of fused-ring (bicyclic) bond motifs is 2. The minimum absolute atomic E-state index is 0.701. The Hall–Kier alpha value is -2.74. The van der Waals surface area contributed by atoms with Gasteiger partial charge in [-0.2, -0.15) is 0 Å². The van der Waals surface area contributed by atoms with Gasteiger partial charge in [-0.25, -0.2) is 0 Å². The van der Waals surface area contributed by atoms with Crippen LogP contribution in [0.1, 0.15) is 24.2 Å². The molecule has 2 aromatic heterocycles. The smallest absolute Gasteiger partial charge is 0.135 e. The molecule has 6 rings (SSSR count). The summed E-state index contributed by atoms with van der Waals surface area (Å²) in [5.74, 6) is 2.01. The summed E-state index contributed by atoms with van der Waals surface area (Å²) in [5, 5.41) is 1.20. The quantitative estimate of drug-likeness (QED) is 0.623. The molecule has 34 heavy (non-hydrogen) atoms. The second-order valence-corrected chi connectivity index (χ2v) is 10.0. The number of furan rings is 1. The van der Waals surface area contributed by atoms with Gasteiger partial charge in [0.2, 0.25) is 0 Å². The van der Waals surface area contributed by atoms with E-state index in [9.17, 15) is 0 Å². The number of aromatic nitrogens is 1. The summed E-state index contributed by atoms with van der Waals surface area (Å²) in [6.45, 7) is 7.42. The summed E-state index contributed by atoms with van der Waals surface area (Å²) in [7, 11) is 4.40. The standard InChI is InChI=1S/C27H35N5O2/c1-29(2)20-7-10-30(11-8-20)19-31-17-25(32-12-14-33-15-13-32)23-16-26(34-27(23)18-31)22-4-3-5-24-21(22)6-9-28-24/h3-6,9,16-17,20,28H,7-8,10-15,18-19H2,1-2H3. The molecule has 0 atom stereocenters. The molecule has 180 valence electrons. The van der Waals surface area contributed by atoms with E-state index in [1.165, 1.54) is 29.5 Å². The van der Waals surface area contributed by atoms with E-state index in [-0.39, 0.29) is 0 Å². The van der Waals surface area contributed by atoms with Gasteiger partial charge >= 0.3 is 0 Å². The molecule has 0 saturated carbocycles. The second kappa shape index (κ2) is 9.13. The van der Waals surface area contributed by atoms with Gasteiger partial charge in [0.1, 0.15) is 11.5 Å². The maximum Gasteiger partial charge on any atom is 0.135 e. The largest absolute Gasteiger partial charge is 0.458 e. The van der Waals surface area contributed by atoms with Crippen LogP contribution in [0.5, 0.6) is 0 Å². The number of morpholine rings is 1. The molecule has 1 aromatic carbocycles. The Balaban J connectivity index is 1.29. The monoisotopic (exact) mass is 461 g/mol. The van der Waals surface area contributed by atoms with Gasteiger partial charge in [0.05, 0.1) is 32.1 Å². The summed E-state index contributed by atoms with van der Waals surface area (Å²) in [4.78, 5) is 13.2. The lowest BCUT2D eigenvalue weighted by Crippen LogP contribution is -2.46. The van der Waals surface area contributed by atoms with Crippen molar-refractivity contribution in [3.8, 4) is 11.3 Å². The molecular formula is C27H35N5O2. The van der Waals surface area contributed by atoms with Crippen LogP contribution in [0.3, 0.4) is 0 Å². The number of hydrogen-bond acceptors (Lipinski definition) is 6. The Kier molecular flexibility index (Phi) is 5.85. The summed E-state index contributed by atoms with van der Waals surface area (Å²) >= 11 is 0. The fraction of sp³-hybridized carbons (Fsp3) is 0.481. The molecule has 0 amide bonds. The summed E-state index contributed by atoms with van der Waals surface area (Å²) in [5.41, 5.74) is 4.78. The molecule has 0 unspecified atom stereocenters. The molecule has 0 aliphatic carbocycles. The SMILES string of the molecule is CN(C)C1CCN(CN2C=C(N3CCOCC3)c3cc(-c4cccc5[nH]ccc45)oc3C2)CC1. The van der Waals surface area contributed by atoms with E-state index in [1.54, 1.807) is 0 Å². The van der Waals surface area contributed by atoms with Crippen LogP contribution in [-0.2, 0) is 11.3 Å². The first kappa shape index (κ1) is 21.8. The van der Waals surface area contributed by atoms with E-state index >= 15 is 0 Å². The van der Waals surface area contributed by atoms with Gasteiger partial charge in [0.15, 0.2) is 0 Å². The molecule has 7 nitrogen and oxygen atoms in total. The molecule has 3 aliphatic rings. The van der Waals surface area contributed by atoms with Gasteiger partial charge in [-0.05, 0) is 45.1 Å². The molecule has 7 heteroatoms. The zero-order chi connectivity index (χ0) is 23.1. The lowest BCUT2D eigenvalue weighted by Gasteiger charge is -2.39. The predicted octanol–water partition coefficient (Wildman–Crippen LogP) is 3.86. The Morgan fingerprint density at radius 3 is 2.65 bits per heavy atom. The number of aromatic amines is 1. The maximum absolute atomic E-state index is 6.58. The van der Waals surface area contributed by atoms with Crippen molar-refractivity contribution in [3.63, 3.8) is 0 Å². The highest BCUT2D eigenvalue weighted by Gasteiger charge is 2.29. The number of H-pyrrole nitrogens is 1. The number of piperidine rings is 1. The summed E-state index contributed by atoms with van der Waals surface area (Å²) in [6.07, 6.45) is 6.83. The molecule has 2 fully saturated rings. The molecule has 2 saturated heterocycles. The molecule has 1 N–H and O–H groups in total. The van der Waals surface area contributed by atoms with Crippen LogP contribution in [-0.4, -0.2) is 90.8 Å². The van der Waals surface area contributed by atoms with Crippen molar-refractivity contribution in [2.75, 3.05) is 60.2 Å². The van der Waals surface area contributed by atoms with Crippen LogP contribution < -0.4 is 0 Å². The molecule has 0 radical (unpaired) electrons. The van der Waals surface area contributed by atoms with Crippen molar-refractivity contribution in [2.24, 2.45) is 0 Å². The van der Waals surface area contributed by atoms with Gasteiger partial charge in [0, 0.05) is 66.6 Å². The number of rotatable bonds is 5. The van der Waals surface area contributed by atoms with Gasteiger partial charge < -0.3 is 28.8 Å². The Bertz CT molecular complexity index is 1160. The number of likely N-dealkylation sites (tertiary alicyclic amines) is 1. The lowest BCUT2D eigenvalue weighted by molar-refractivity contribution is 0.0615. The van der Waals surface area contributed by atoms with Crippen LogP contribution in [0.4, 0.5) is 0 Å². The zero-order valence-corrected chi connectivity index (χ0v) is 20.3. The van der Waals surface area contributed by atoms with Gasteiger partial charge in [-0.3, -0.25) is 4.90 Å². The highest BCUT2D eigenvalue weighted by Crippen LogP contribution is 2.38. The van der Waals surface area contributed by atoms with Gasteiger partial charge in [-0.15, -0.1) is 0 Å². The van der Waals surface area contributed by atoms with Crippen molar-refractivity contribution < 1.29 is 9.15 Å². The number of hydrogen-bond donors (Lipinski definition) is 1. The third-order valence-electron chi connectivity index (χ3n) is 7.62. The van der Waals surface area contributed by atoms with Gasteiger partial charge in [0.25, 0.3) is 0 Å². The second-order valence-electron chi connectivity index (χ2n) is 10.0. The van der Waals surface area contributed by atoms with E-state index in [2.05, 4.69) is 75.2 Å². The van der Waals surface area contributed by atoms with Crippen molar-refractivity contribution in [1.82, 2.24) is 24.6 Å². The first-order chi connectivity index (χ1) is 16.7. The molecule has 3 aliphatic heterocycles. The maximum atomic E-state index is 6.58. The average molecular weight is 462 g/mol. The minimum atomic E-state index is 0.701. The van der Waals surface area contributed by atoms with E-state index in [1.807, 2.05) is 6.20 Å². The normalized spacial score (nSPS) is 20.3. The average Bonchev–Trinajstić information content (AvgIpc) is 3.51. The number of nitrogens with one attached hydrogen (secondary N) is 1. The van der Waals surface area contributed by atoms with Crippen LogP contribution in [0.15, 0.2) is 47.1 Å². The predicted molar refractivity (Wildman–Crippen MR) is 135 cm³/mol. The van der Waals surface area contributed by atoms with E-state index in [0.29, 0.717) is 6.04 Å². The van der Waals surface area contributed by atoms with Crippen molar-refractivity contribution in [2.45, 2.75) is 25.4 Å². The van der Waals surface area contributed by atoms with Crippen molar-refractivity contribution in [3.05, 3.63) is 54.1 Å². The van der Waals surface area contributed by atoms with Crippen LogP contribution in [0, 0.1) is 0 Å². The summed E-state index contributed by atoms with van der Waals surface area (Å²) in [6, 6.07) is 11.4. The minimum Gasteiger partial charge on any atom is -0.458 e. The molecule has 5 heterocycles. The van der Waals surface area contributed by atoms with E-state index in [0.717, 1.165) is 75.2 Å². The highest BCUT2D eigenvalue weighted by atomic mass is 16.5.